The Balaban J connectivity index is 1.58. The predicted octanol–water partition coefficient (Wildman–Crippen LogP) is 3.54. The van der Waals surface area contributed by atoms with Gasteiger partial charge in [0.2, 0.25) is 5.91 Å². The van der Waals surface area contributed by atoms with E-state index in [1.807, 2.05) is 23.1 Å². The van der Waals surface area contributed by atoms with Crippen molar-refractivity contribution in [1.29, 1.82) is 0 Å². The van der Waals surface area contributed by atoms with Crippen LogP contribution in [0, 0.1) is 12.8 Å². The lowest BCUT2D eigenvalue weighted by Gasteiger charge is -2.30. The molecule has 1 aliphatic heterocycles. The molecule has 25 heavy (non-hydrogen) atoms. The first-order valence-corrected chi connectivity index (χ1v) is 9.76. The van der Waals surface area contributed by atoms with Gasteiger partial charge in [0.1, 0.15) is 0 Å². The smallest absolute Gasteiger partial charge is 0.233 e. The summed E-state index contributed by atoms with van der Waals surface area (Å²) >= 11 is 1.48. The van der Waals surface area contributed by atoms with Crippen molar-refractivity contribution < 1.29 is 4.79 Å². The van der Waals surface area contributed by atoms with E-state index >= 15 is 0 Å². The Kier molecular flexibility index (Phi) is 4.37. The lowest BCUT2D eigenvalue weighted by Crippen LogP contribution is -2.38. The molecule has 3 aromatic rings. The van der Waals surface area contributed by atoms with Gasteiger partial charge in [-0.25, -0.2) is 0 Å². The van der Waals surface area contributed by atoms with E-state index in [2.05, 4.69) is 40.6 Å². The third kappa shape index (κ3) is 3.11. The Morgan fingerprint density at radius 3 is 2.80 bits per heavy atom. The molecule has 3 heterocycles. The summed E-state index contributed by atoms with van der Waals surface area (Å²) in [6.45, 7) is 6.10. The summed E-state index contributed by atoms with van der Waals surface area (Å²) in [6.07, 6.45) is 2.21. The fourth-order valence-corrected chi connectivity index (χ4v) is 4.30. The Hall–Kier alpha value is -2.08. The van der Waals surface area contributed by atoms with Crippen molar-refractivity contribution in [1.82, 2.24) is 19.5 Å². The first-order chi connectivity index (χ1) is 12.1. The van der Waals surface area contributed by atoms with Crippen molar-refractivity contribution in [3.63, 3.8) is 0 Å². The number of thioether (sulfide) groups is 1. The number of benzene rings is 1. The molecule has 5 nitrogen and oxygen atoms in total. The normalized spacial score (nSPS) is 16.0. The van der Waals surface area contributed by atoms with E-state index in [0.29, 0.717) is 5.75 Å². The summed E-state index contributed by atoms with van der Waals surface area (Å²) in [4.78, 5) is 14.5. The number of hydrogen-bond acceptors (Lipinski definition) is 4. The predicted molar refractivity (Wildman–Crippen MR) is 101 cm³/mol. The van der Waals surface area contributed by atoms with Crippen molar-refractivity contribution in [2.24, 2.45) is 5.92 Å². The molecule has 1 saturated heterocycles. The third-order valence-corrected chi connectivity index (χ3v) is 5.95. The average Bonchev–Trinajstić information content (AvgIpc) is 3.03. The number of carbonyl (C=O) groups is 1. The molecule has 0 unspecified atom stereocenters. The van der Waals surface area contributed by atoms with Crippen LogP contribution in [-0.2, 0) is 4.79 Å². The summed E-state index contributed by atoms with van der Waals surface area (Å²) < 4.78 is 2.05. The second-order valence-electron chi connectivity index (χ2n) is 6.87. The number of likely N-dealkylation sites (tertiary alicyclic amines) is 1. The highest BCUT2D eigenvalue weighted by Crippen LogP contribution is 2.26. The number of fused-ring (bicyclic) bond motifs is 3. The number of piperidine rings is 1. The lowest BCUT2D eigenvalue weighted by atomic mass is 9.99. The van der Waals surface area contributed by atoms with Crippen LogP contribution in [0.25, 0.3) is 16.6 Å². The van der Waals surface area contributed by atoms with E-state index in [0.717, 1.165) is 48.2 Å². The van der Waals surface area contributed by atoms with Crippen molar-refractivity contribution in [3.8, 4) is 0 Å². The van der Waals surface area contributed by atoms with Crippen LogP contribution in [0.5, 0.6) is 0 Å². The Labute approximate surface area is 151 Å². The molecule has 0 spiro atoms. The summed E-state index contributed by atoms with van der Waals surface area (Å²) in [6, 6.07) is 10.3. The fourth-order valence-electron chi connectivity index (χ4n) is 3.44. The van der Waals surface area contributed by atoms with Gasteiger partial charge in [-0.05, 0) is 43.4 Å². The van der Waals surface area contributed by atoms with Crippen LogP contribution in [-0.4, -0.2) is 44.2 Å². The van der Waals surface area contributed by atoms with Gasteiger partial charge in [-0.15, -0.1) is 10.2 Å². The van der Waals surface area contributed by atoms with Crippen molar-refractivity contribution in [2.75, 3.05) is 18.8 Å². The minimum Gasteiger partial charge on any atom is -0.342 e. The fraction of sp³-hybridized carbons (Fsp3) is 0.421. The minimum atomic E-state index is 0.199. The van der Waals surface area contributed by atoms with Gasteiger partial charge in [-0.2, -0.15) is 0 Å². The summed E-state index contributed by atoms with van der Waals surface area (Å²) in [7, 11) is 0. The molecular weight excluding hydrogens is 332 g/mol. The van der Waals surface area contributed by atoms with E-state index < -0.39 is 0 Å². The van der Waals surface area contributed by atoms with Gasteiger partial charge >= 0.3 is 0 Å². The molecule has 0 aliphatic carbocycles. The number of pyridine rings is 1. The summed E-state index contributed by atoms with van der Waals surface area (Å²) in [5.74, 6) is 1.34. The van der Waals surface area contributed by atoms with Crippen LogP contribution in [0.4, 0.5) is 0 Å². The highest BCUT2D eigenvalue weighted by molar-refractivity contribution is 7.99. The van der Waals surface area contributed by atoms with E-state index in [-0.39, 0.29) is 5.91 Å². The van der Waals surface area contributed by atoms with Crippen LogP contribution in [0.1, 0.15) is 25.3 Å². The van der Waals surface area contributed by atoms with Gasteiger partial charge in [0.15, 0.2) is 10.8 Å². The molecule has 0 saturated carbocycles. The van der Waals surface area contributed by atoms with Gasteiger partial charge in [-0.3, -0.25) is 9.20 Å². The second-order valence-corrected chi connectivity index (χ2v) is 7.82. The minimum absolute atomic E-state index is 0.199. The van der Waals surface area contributed by atoms with E-state index in [4.69, 9.17) is 0 Å². The number of carbonyl (C=O) groups excluding carboxylic acids is 1. The molecule has 1 aromatic carbocycles. The largest absolute Gasteiger partial charge is 0.342 e. The van der Waals surface area contributed by atoms with Crippen LogP contribution < -0.4 is 0 Å². The maximum absolute atomic E-state index is 12.5. The molecule has 0 radical (unpaired) electrons. The Morgan fingerprint density at radius 2 is 2.00 bits per heavy atom. The zero-order chi connectivity index (χ0) is 17.4. The number of aromatic nitrogens is 3. The van der Waals surface area contributed by atoms with Crippen LogP contribution in [0.2, 0.25) is 0 Å². The van der Waals surface area contributed by atoms with Crippen LogP contribution >= 0.6 is 11.8 Å². The van der Waals surface area contributed by atoms with Gasteiger partial charge in [-0.1, -0.05) is 36.9 Å². The Bertz CT molecular complexity index is 928. The van der Waals surface area contributed by atoms with Crippen molar-refractivity contribution in [3.05, 3.63) is 35.9 Å². The zero-order valence-corrected chi connectivity index (χ0v) is 15.4. The molecule has 130 valence electrons. The second kappa shape index (κ2) is 6.67. The van der Waals surface area contributed by atoms with E-state index in [9.17, 15) is 4.79 Å². The first-order valence-electron chi connectivity index (χ1n) is 8.77. The monoisotopic (exact) mass is 354 g/mol. The first kappa shape index (κ1) is 16.4. The molecule has 1 fully saturated rings. The molecule has 4 rings (SSSR count). The molecule has 1 aliphatic rings. The number of rotatable bonds is 3. The molecular formula is C19H22N4OS. The van der Waals surface area contributed by atoms with Crippen molar-refractivity contribution in [2.45, 2.75) is 31.8 Å². The lowest BCUT2D eigenvalue weighted by molar-refractivity contribution is -0.129. The molecule has 0 atom stereocenters. The van der Waals surface area contributed by atoms with Crippen LogP contribution in [0.15, 0.2) is 35.5 Å². The standard InChI is InChI=1S/C19H22N4OS/c1-13-7-9-22(10-8-13)18(24)12-25-19-21-20-17-11-14(2)15-5-3-4-6-16(15)23(17)19/h3-6,11,13H,7-10,12H2,1-2H3. The number of hydrogen-bond donors (Lipinski definition) is 0. The molecule has 6 heteroatoms. The van der Waals surface area contributed by atoms with Crippen LogP contribution in [0.3, 0.4) is 0 Å². The molecule has 0 N–H and O–H groups in total. The zero-order valence-electron chi connectivity index (χ0n) is 14.6. The highest BCUT2D eigenvalue weighted by Gasteiger charge is 2.21. The topological polar surface area (TPSA) is 50.5 Å². The van der Waals surface area contributed by atoms with Gasteiger partial charge in [0.05, 0.1) is 11.3 Å². The molecule has 0 bridgehead atoms. The number of amides is 1. The quantitative estimate of drug-likeness (QED) is 0.675. The summed E-state index contributed by atoms with van der Waals surface area (Å²) in [5.41, 5.74) is 3.10. The highest BCUT2D eigenvalue weighted by atomic mass is 32.2. The van der Waals surface area contributed by atoms with Gasteiger partial charge in [0.25, 0.3) is 0 Å². The average molecular weight is 354 g/mol. The van der Waals surface area contributed by atoms with E-state index in [1.54, 1.807) is 0 Å². The van der Waals surface area contributed by atoms with Crippen molar-refractivity contribution >= 4 is 34.2 Å². The van der Waals surface area contributed by atoms with Gasteiger partial charge < -0.3 is 4.90 Å². The maximum Gasteiger partial charge on any atom is 0.233 e. The maximum atomic E-state index is 12.5. The molecule has 1 amide bonds. The molecule has 2 aromatic heterocycles. The number of nitrogens with zero attached hydrogens (tertiary/aromatic N) is 4. The number of aryl methyl sites for hydroxylation is 1. The van der Waals surface area contributed by atoms with E-state index in [1.165, 1.54) is 22.7 Å². The number of para-hydroxylation sites is 1. The summed E-state index contributed by atoms with van der Waals surface area (Å²) in [5, 5.41) is 10.6. The SMILES string of the molecule is Cc1cc2nnc(SCC(=O)N3CCC(C)CC3)n2c2ccccc12. The van der Waals surface area contributed by atoms with Gasteiger partial charge in [0, 0.05) is 18.5 Å². The Morgan fingerprint density at radius 1 is 1.24 bits per heavy atom. The third-order valence-electron chi connectivity index (χ3n) is 5.03.